The first kappa shape index (κ1) is 20.1. The number of nitrogen functional groups attached to an aromatic ring is 1. The highest BCUT2D eigenvalue weighted by molar-refractivity contribution is 7.99. The van der Waals surface area contributed by atoms with Crippen LogP contribution in [-0.4, -0.2) is 32.4 Å². The third kappa shape index (κ3) is 5.69. The number of nitrogens with one attached hydrogen (secondary N) is 2. The van der Waals surface area contributed by atoms with Crippen molar-refractivity contribution in [2.24, 2.45) is 0 Å². The van der Waals surface area contributed by atoms with Crippen LogP contribution in [-0.2, 0) is 11.4 Å². The van der Waals surface area contributed by atoms with Crippen molar-refractivity contribution in [2.75, 3.05) is 11.6 Å². The maximum absolute atomic E-state index is 12.9. The molecule has 9 nitrogen and oxygen atoms in total. The van der Waals surface area contributed by atoms with Gasteiger partial charge in [-0.3, -0.25) is 20.4 Å². The van der Waals surface area contributed by atoms with E-state index in [4.69, 9.17) is 10.6 Å². The molecule has 1 aromatic heterocycles. The molecule has 0 bridgehead atoms. The van der Waals surface area contributed by atoms with Crippen LogP contribution in [0.5, 0.6) is 5.75 Å². The fraction of sp³-hybridized carbons (Fsp3) is 0.111. The second kappa shape index (κ2) is 9.55. The molecule has 1 heterocycles. The molecular formula is C18H17FN6O3S. The number of halogens is 1. The number of nitrogens with two attached hydrogens (primary N) is 1. The van der Waals surface area contributed by atoms with E-state index in [9.17, 15) is 14.0 Å². The Hall–Kier alpha value is -3.60. The van der Waals surface area contributed by atoms with Gasteiger partial charge in [0.05, 0.1) is 5.75 Å². The standard InChI is InChI=1S/C18H17FN6O3S/c19-13-6-8-14(9-7-13)28-10-15-21-24-18(25(15)20)29-11-16(26)22-23-17(27)12-4-2-1-3-5-12/h1-9H,10-11,20H2,(H,22,26)(H,23,27). The normalized spacial score (nSPS) is 10.4. The van der Waals surface area contributed by atoms with E-state index in [2.05, 4.69) is 21.0 Å². The lowest BCUT2D eigenvalue weighted by Gasteiger charge is -2.08. The number of hydrogen-bond acceptors (Lipinski definition) is 7. The van der Waals surface area contributed by atoms with Gasteiger partial charge in [-0.15, -0.1) is 10.2 Å². The lowest BCUT2D eigenvalue weighted by molar-refractivity contribution is -0.119. The van der Waals surface area contributed by atoms with Crippen molar-refractivity contribution in [3.05, 3.63) is 71.8 Å². The highest BCUT2D eigenvalue weighted by atomic mass is 32.2. The molecule has 0 radical (unpaired) electrons. The highest BCUT2D eigenvalue weighted by Gasteiger charge is 2.13. The Morgan fingerprint density at radius 2 is 1.79 bits per heavy atom. The van der Waals surface area contributed by atoms with E-state index >= 15 is 0 Å². The number of aromatic nitrogens is 3. The molecule has 29 heavy (non-hydrogen) atoms. The van der Waals surface area contributed by atoms with Crippen LogP contribution in [0.2, 0.25) is 0 Å². The van der Waals surface area contributed by atoms with Gasteiger partial charge in [-0.05, 0) is 36.4 Å². The molecule has 0 fully saturated rings. The first-order valence-electron chi connectivity index (χ1n) is 8.37. The Morgan fingerprint density at radius 1 is 1.07 bits per heavy atom. The summed E-state index contributed by atoms with van der Waals surface area (Å²) in [5.41, 5.74) is 5.06. The van der Waals surface area contributed by atoms with Gasteiger partial charge in [-0.2, -0.15) is 0 Å². The minimum Gasteiger partial charge on any atom is -0.486 e. The van der Waals surface area contributed by atoms with Gasteiger partial charge in [0.2, 0.25) is 11.1 Å². The van der Waals surface area contributed by atoms with Gasteiger partial charge in [0, 0.05) is 5.56 Å². The SMILES string of the molecule is Nn1c(COc2ccc(F)cc2)nnc1SCC(=O)NNC(=O)c1ccccc1. The van der Waals surface area contributed by atoms with E-state index in [1.54, 1.807) is 30.3 Å². The summed E-state index contributed by atoms with van der Waals surface area (Å²) in [6.45, 7) is 0.0228. The van der Waals surface area contributed by atoms with Crippen LogP contribution in [0.3, 0.4) is 0 Å². The summed E-state index contributed by atoms with van der Waals surface area (Å²) in [7, 11) is 0. The zero-order valence-corrected chi connectivity index (χ0v) is 15.9. The number of hydrazine groups is 1. The molecule has 3 rings (SSSR count). The molecule has 0 spiro atoms. The lowest BCUT2D eigenvalue weighted by atomic mass is 10.2. The Balaban J connectivity index is 1.45. The second-order valence-corrected chi connectivity index (χ2v) is 6.61. The number of carbonyl (C=O) groups excluding carboxylic acids is 2. The molecular weight excluding hydrogens is 399 g/mol. The quantitative estimate of drug-likeness (QED) is 0.301. The Morgan fingerprint density at radius 3 is 2.52 bits per heavy atom. The van der Waals surface area contributed by atoms with Gasteiger partial charge in [-0.1, -0.05) is 30.0 Å². The van der Waals surface area contributed by atoms with Crippen LogP contribution in [0.4, 0.5) is 4.39 Å². The maximum atomic E-state index is 12.9. The Kier molecular flexibility index (Phi) is 6.63. The second-order valence-electron chi connectivity index (χ2n) is 5.67. The smallest absolute Gasteiger partial charge is 0.269 e. The summed E-state index contributed by atoms with van der Waals surface area (Å²) in [6.07, 6.45) is 0. The van der Waals surface area contributed by atoms with E-state index in [1.807, 2.05) is 0 Å². The molecule has 150 valence electrons. The van der Waals surface area contributed by atoms with Gasteiger partial charge < -0.3 is 10.6 Å². The summed E-state index contributed by atoms with van der Waals surface area (Å²) >= 11 is 1.04. The lowest BCUT2D eigenvalue weighted by Crippen LogP contribution is -2.42. The largest absolute Gasteiger partial charge is 0.486 e. The van der Waals surface area contributed by atoms with Crippen LogP contribution in [0, 0.1) is 5.82 Å². The monoisotopic (exact) mass is 416 g/mol. The van der Waals surface area contributed by atoms with E-state index in [0.29, 0.717) is 22.3 Å². The van der Waals surface area contributed by atoms with Crippen LogP contribution >= 0.6 is 11.8 Å². The fourth-order valence-corrected chi connectivity index (χ4v) is 2.81. The topological polar surface area (TPSA) is 124 Å². The summed E-state index contributed by atoms with van der Waals surface area (Å²) in [5, 5.41) is 8.11. The third-order valence-corrected chi connectivity index (χ3v) is 4.54. The average Bonchev–Trinajstić information content (AvgIpc) is 3.10. The van der Waals surface area contributed by atoms with Crippen LogP contribution in [0.25, 0.3) is 0 Å². The third-order valence-electron chi connectivity index (χ3n) is 3.60. The number of benzene rings is 2. The van der Waals surface area contributed by atoms with Crippen molar-refractivity contribution in [1.82, 2.24) is 25.7 Å². The van der Waals surface area contributed by atoms with Crippen molar-refractivity contribution in [1.29, 1.82) is 0 Å². The first-order valence-corrected chi connectivity index (χ1v) is 9.36. The molecule has 0 unspecified atom stereocenters. The number of amides is 2. The minimum absolute atomic E-state index is 0.0228. The molecule has 2 amide bonds. The first-order chi connectivity index (χ1) is 14.0. The van der Waals surface area contributed by atoms with Crippen molar-refractivity contribution < 1.29 is 18.7 Å². The zero-order chi connectivity index (χ0) is 20.6. The molecule has 3 aromatic rings. The summed E-state index contributed by atoms with van der Waals surface area (Å²) < 4.78 is 19.6. The molecule has 4 N–H and O–H groups in total. The molecule has 0 saturated carbocycles. The van der Waals surface area contributed by atoms with Crippen LogP contribution in [0.15, 0.2) is 59.8 Å². The Bertz CT molecular complexity index is 981. The van der Waals surface area contributed by atoms with Gasteiger partial charge in [0.25, 0.3) is 5.91 Å². The number of thioether (sulfide) groups is 1. The predicted octanol–water partition coefficient (Wildman–Crippen LogP) is 1.26. The molecule has 0 aliphatic heterocycles. The van der Waals surface area contributed by atoms with Crippen LogP contribution in [0.1, 0.15) is 16.2 Å². The minimum atomic E-state index is -0.439. The number of carbonyl (C=O) groups is 2. The number of ether oxygens (including phenoxy) is 1. The highest BCUT2D eigenvalue weighted by Crippen LogP contribution is 2.16. The summed E-state index contributed by atoms with van der Waals surface area (Å²) in [4.78, 5) is 23.8. The van der Waals surface area contributed by atoms with Crippen molar-refractivity contribution >= 4 is 23.6 Å². The number of rotatable bonds is 7. The Labute approximate surface area is 169 Å². The van der Waals surface area contributed by atoms with Crippen molar-refractivity contribution in [3.63, 3.8) is 0 Å². The van der Waals surface area contributed by atoms with Gasteiger partial charge in [0.1, 0.15) is 18.2 Å². The number of hydrogen-bond donors (Lipinski definition) is 3. The van der Waals surface area contributed by atoms with Gasteiger partial charge in [0.15, 0.2) is 5.82 Å². The molecule has 0 atom stereocenters. The van der Waals surface area contributed by atoms with E-state index in [-0.39, 0.29) is 18.2 Å². The van der Waals surface area contributed by atoms with Crippen LogP contribution < -0.4 is 21.4 Å². The van der Waals surface area contributed by atoms with Gasteiger partial charge in [-0.25, -0.2) is 9.07 Å². The predicted molar refractivity (Wildman–Crippen MR) is 104 cm³/mol. The summed E-state index contributed by atoms with van der Waals surface area (Å²) in [5.74, 6) is 5.42. The maximum Gasteiger partial charge on any atom is 0.269 e. The number of nitrogens with zero attached hydrogens (tertiary/aromatic N) is 3. The van der Waals surface area contributed by atoms with Crippen molar-refractivity contribution in [3.8, 4) is 5.75 Å². The zero-order valence-electron chi connectivity index (χ0n) is 15.0. The summed E-state index contributed by atoms with van der Waals surface area (Å²) in [6, 6.07) is 14.0. The fourth-order valence-electron chi connectivity index (χ4n) is 2.14. The van der Waals surface area contributed by atoms with Gasteiger partial charge >= 0.3 is 0 Å². The molecule has 0 aliphatic carbocycles. The van der Waals surface area contributed by atoms with Crippen molar-refractivity contribution in [2.45, 2.75) is 11.8 Å². The molecule has 0 saturated heterocycles. The molecule has 0 aliphatic rings. The van der Waals surface area contributed by atoms with E-state index in [1.165, 1.54) is 28.9 Å². The molecule has 11 heteroatoms. The van der Waals surface area contributed by atoms with E-state index < -0.39 is 11.8 Å². The molecule has 2 aromatic carbocycles. The average molecular weight is 416 g/mol. The van der Waals surface area contributed by atoms with E-state index in [0.717, 1.165) is 11.8 Å².